The third-order valence-electron chi connectivity index (χ3n) is 4.65. The summed E-state index contributed by atoms with van der Waals surface area (Å²) in [5, 5.41) is 8.94. The summed E-state index contributed by atoms with van der Waals surface area (Å²) >= 11 is 6.21. The molecule has 0 saturated heterocycles. The fraction of sp³-hybridized carbons (Fsp3) is 0.294. The fourth-order valence-corrected chi connectivity index (χ4v) is 3.47. The molecule has 0 saturated carbocycles. The average Bonchev–Trinajstić information content (AvgIpc) is 3.33. The number of halogens is 1. The zero-order chi connectivity index (χ0) is 17.0. The molecule has 1 aromatic carbocycles. The molecule has 2 aliphatic heterocycles. The van der Waals surface area contributed by atoms with Crippen LogP contribution in [0.2, 0.25) is 5.02 Å². The van der Waals surface area contributed by atoms with Gasteiger partial charge in [0.25, 0.3) is 0 Å². The van der Waals surface area contributed by atoms with Crippen LogP contribution in [0.5, 0.6) is 0 Å². The van der Waals surface area contributed by atoms with Crippen LogP contribution in [0.1, 0.15) is 30.4 Å². The molecule has 0 aliphatic carbocycles. The molecule has 2 aromatic heterocycles. The summed E-state index contributed by atoms with van der Waals surface area (Å²) in [5.41, 5.74) is 4.60. The third kappa shape index (κ3) is 2.19. The van der Waals surface area contributed by atoms with E-state index in [1.165, 1.54) is 0 Å². The lowest BCUT2D eigenvalue weighted by Crippen LogP contribution is -2.08. The lowest BCUT2D eigenvalue weighted by Gasteiger charge is -2.10. The number of aliphatic imine (C=N–C) groups is 1. The average molecular weight is 355 g/mol. The number of imidazole rings is 1. The molecule has 0 fully saturated rings. The van der Waals surface area contributed by atoms with Crippen molar-refractivity contribution in [1.29, 1.82) is 0 Å². The van der Waals surface area contributed by atoms with Crippen LogP contribution in [0.4, 0.5) is 0 Å². The van der Waals surface area contributed by atoms with E-state index in [2.05, 4.69) is 31.8 Å². The molecule has 0 bridgehead atoms. The maximum absolute atomic E-state index is 6.21. The number of rotatable bonds is 2. The topological polar surface area (TPSA) is 70.1 Å². The van der Waals surface area contributed by atoms with Crippen LogP contribution in [0.3, 0.4) is 0 Å². The molecule has 7 nitrogen and oxygen atoms in total. The Bertz CT molecular complexity index is 1000. The van der Waals surface area contributed by atoms with Crippen molar-refractivity contribution >= 4 is 17.5 Å². The number of fused-ring (bicyclic) bond motifs is 5. The predicted octanol–water partition coefficient (Wildman–Crippen LogP) is 2.57. The summed E-state index contributed by atoms with van der Waals surface area (Å²) in [5.74, 6) is 0.622. The number of hydrogen-bond acceptors (Lipinski definition) is 5. The zero-order valence-corrected chi connectivity index (χ0v) is 14.3. The van der Waals surface area contributed by atoms with E-state index in [1.54, 1.807) is 6.20 Å². The molecule has 126 valence electrons. The van der Waals surface area contributed by atoms with Gasteiger partial charge in [-0.25, -0.2) is 14.7 Å². The second-order valence-electron chi connectivity index (χ2n) is 6.16. The first-order valence-electron chi connectivity index (χ1n) is 8.21. The zero-order valence-electron chi connectivity index (χ0n) is 13.6. The smallest absolute Gasteiger partial charge is 0.237 e. The van der Waals surface area contributed by atoms with Crippen molar-refractivity contribution in [3.8, 4) is 11.4 Å². The van der Waals surface area contributed by atoms with Gasteiger partial charge in [0.05, 0.1) is 35.0 Å². The fourth-order valence-electron chi connectivity index (χ4n) is 3.30. The molecule has 1 atom stereocenters. The summed E-state index contributed by atoms with van der Waals surface area (Å²) in [4.78, 5) is 9.25. The molecule has 0 spiro atoms. The molecule has 25 heavy (non-hydrogen) atoms. The second kappa shape index (κ2) is 5.42. The maximum Gasteiger partial charge on any atom is 0.237 e. The van der Waals surface area contributed by atoms with E-state index >= 15 is 0 Å². The van der Waals surface area contributed by atoms with Gasteiger partial charge in [0.2, 0.25) is 5.90 Å². The molecular weight excluding hydrogens is 340 g/mol. The Labute approximate surface area is 148 Å². The summed E-state index contributed by atoms with van der Waals surface area (Å²) in [6.07, 6.45) is 5.16. The van der Waals surface area contributed by atoms with Gasteiger partial charge in [-0.1, -0.05) is 23.7 Å². The quantitative estimate of drug-likeness (QED) is 0.554. The molecule has 4 heterocycles. The van der Waals surface area contributed by atoms with Crippen molar-refractivity contribution in [2.45, 2.75) is 25.8 Å². The molecular formula is C17H15ClN6O. The van der Waals surface area contributed by atoms with Gasteiger partial charge in [0.15, 0.2) is 0 Å². The molecule has 0 amide bonds. The van der Waals surface area contributed by atoms with Crippen LogP contribution in [-0.2, 0) is 11.2 Å². The Kier molecular flexibility index (Phi) is 3.18. The summed E-state index contributed by atoms with van der Waals surface area (Å²) in [6.45, 7) is 2.72. The highest BCUT2D eigenvalue weighted by Crippen LogP contribution is 2.31. The largest absolute Gasteiger partial charge is 0.474 e. The van der Waals surface area contributed by atoms with E-state index in [-0.39, 0.29) is 6.04 Å². The Morgan fingerprint density at radius 3 is 3.08 bits per heavy atom. The van der Waals surface area contributed by atoms with Crippen LogP contribution in [-0.4, -0.2) is 43.1 Å². The van der Waals surface area contributed by atoms with Crippen LogP contribution in [0.15, 0.2) is 35.7 Å². The number of hydrogen-bond donors (Lipinski definition) is 0. The lowest BCUT2D eigenvalue weighted by atomic mass is 10.2. The van der Waals surface area contributed by atoms with Crippen LogP contribution < -0.4 is 0 Å². The minimum absolute atomic E-state index is 0.205. The number of ether oxygens (including phenoxy) is 1. The van der Waals surface area contributed by atoms with Gasteiger partial charge in [-0.3, -0.25) is 4.57 Å². The summed E-state index contributed by atoms with van der Waals surface area (Å²) in [6, 6.07) is 5.93. The van der Waals surface area contributed by atoms with Crippen molar-refractivity contribution in [1.82, 2.24) is 24.5 Å². The molecule has 0 radical (unpaired) electrons. The lowest BCUT2D eigenvalue weighted by molar-refractivity contribution is 0.314. The van der Waals surface area contributed by atoms with E-state index in [1.807, 2.05) is 29.2 Å². The molecule has 8 heteroatoms. The Hall–Kier alpha value is -2.67. The first-order valence-corrected chi connectivity index (χ1v) is 8.59. The predicted molar refractivity (Wildman–Crippen MR) is 92.9 cm³/mol. The normalized spacial score (nSPS) is 18.0. The van der Waals surface area contributed by atoms with E-state index in [0.717, 1.165) is 34.9 Å². The summed E-state index contributed by atoms with van der Waals surface area (Å²) in [7, 11) is 0. The minimum atomic E-state index is 0.205. The van der Waals surface area contributed by atoms with Gasteiger partial charge in [-0.2, -0.15) is 0 Å². The van der Waals surface area contributed by atoms with Gasteiger partial charge in [-0.15, -0.1) is 5.10 Å². The number of nitrogens with zero attached hydrogens (tertiary/aromatic N) is 6. The monoisotopic (exact) mass is 354 g/mol. The second-order valence-corrected chi connectivity index (χ2v) is 6.60. The van der Waals surface area contributed by atoms with Crippen molar-refractivity contribution < 1.29 is 4.74 Å². The minimum Gasteiger partial charge on any atom is -0.474 e. The van der Waals surface area contributed by atoms with Gasteiger partial charge < -0.3 is 4.74 Å². The first kappa shape index (κ1) is 14.7. The Morgan fingerprint density at radius 1 is 1.32 bits per heavy atom. The highest BCUT2D eigenvalue weighted by atomic mass is 35.5. The van der Waals surface area contributed by atoms with Crippen LogP contribution >= 0.6 is 11.6 Å². The highest BCUT2D eigenvalue weighted by Gasteiger charge is 2.28. The van der Waals surface area contributed by atoms with E-state index in [0.29, 0.717) is 23.9 Å². The third-order valence-corrected chi connectivity index (χ3v) is 4.88. The van der Waals surface area contributed by atoms with Crippen LogP contribution in [0, 0.1) is 0 Å². The molecule has 3 aromatic rings. The highest BCUT2D eigenvalue weighted by molar-refractivity contribution is 6.30. The SMILES string of the molecule is CC[C@H]1COC(c2ncn3c2Cc2cnnn2-c2cc(Cl)ccc2-3)=N1. The van der Waals surface area contributed by atoms with Crippen LogP contribution in [0.25, 0.3) is 11.4 Å². The first-order chi connectivity index (χ1) is 12.2. The molecule has 0 unspecified atom stereocenters. The van der Waals surface area contributed by atoms with E-state index in [4.69, 9.17) is 16.3 Å². The molecule has 0 N–H and O–H groups in total. The van der Waals surface area contributed by atoms with Crippen molar-refractivity contribution in [2.75, 3.05) is 6.61 Å². The van der Waals surface area contributed by atoms with Gasteiger partial charge in [0, 0.05) is 11.4 Å². The van der Waals surface area contributed by atoms with E-state index < -0.39 is 0 Å². The van der Waals surface area contributed by atoms with Crippen molar-refractivity contribution in [3.05, 3.63) is 52.8 Å². The van der Waals surface area contributed by atoms with Crippen molar-refractivity contribution in [2.24, 2.45) is 4.99 Å². The number of benzene rings is 1. The maximum atomic E-state index is 6.21. The standard InChI is InChI=1S/C17H15ClN6O/c1-2-11-8-25-17(21-11)16-15-6-12-7-20-22-24(12)14-5-10(18)3-4-13(14)23(15)9-19-16/h3-5,7,9,11H,2,6,8H2,1H3/t11-/m0/s1. The number of aromatic nitrogens is 5. The molecule has 2 aliphatic rings. The van der Waals surface area contributed by atoms with E-state index in [9.17, 15) is 0 Å². The Balaban J connectivity index is 1.73. The van der Waals surface area contributed by atoms with Crippen molar-refractivity contribution in [3.63, 3.8) is 0 Å². The molecule has 5 rings (SSSR count). The van der Waals surface area contributed by atoms with Gasteiger partial charge >= 0.3 is 0 Å². The summed E-state index contributed by atoms with van der Waals surface area (Å²) < 4.78 is 9.68. The van der Waals surface area contributed by atoms with Gasteiger partial charge in [-0.05, 0) is 24.6 Å². The Morgan fingerprint density at radius 2 is 2.24 bits per heavy atom. The van der Waals surface area contributed by atoms with Gasteiger partial charge in [0.1, 0.15) is 18.6 Å².